The van der Waals surface area contributed by atoms with Gasteiger partial charge in [-0.25, -0.2) is 12.7 Å². The van der Waals surface area contributed by atoms with E-state index in [1.807, 2.05) is 30.3 Å². The van der Waals surface area contributed by atoms with Crippen LogP contribution in [0.1, 0.15) is 31.2 Å². The number of nitrogens with zero attached hydrogens (tertiary/aromatic N) is 2. The molecule has 0 saturated heterocycles. The lowest BCUT2D eigenvalue weighted by Gasteiger charge is -2.30. The minimum atomic E-state index is -3.45. The first-order valence-electron chi connectivity index (χ1n) is 8.42. The highest BCUT2D eigenvalue weighted by atomic mass is 32.2. The molecule has 1 aliphatic rings. The molecule has 0 amide bonds. The predicted molar refractivity (Wildman–Crippen MR) is 95.0 cm³/mol. The number of aliphatic hydroxyl groups is 1. The van der Waals surface area contributed by atoms with Gasteiger partial charge in [-0.1, -0.05) is 37.1 Å². The second-order valence-electron chi connectivity index (χ2n) is 6.64. The van der Waals surface area contributed by atoms with E-state index in [2.05, 4.69) is 4.98 Å². The van der Waals surface area contributed by atoms with Crippen molar-refractivity contribution in [1.29, 1.82) is 0 Å². The van der Waals surface area contributed by atoms with E-state index in [0.717, 1.165) is 36.6 Å². The summed E-state index contributed by atoms with van der Waals surface area (Å²) in [5, 5.41) is 11.0. The largest absolute Gasteiger partial charge is 0.393 e. The summed E-state index contributed by atoms with van der Waals surface area (Å²) < 4.78 is 26.9. The maximum absolute atomic E-state index is 12.7. The molecule has 130 valence electrons. The van der Waals surface area contributed by atoms with Crippen molar-refractivity contribution in [3.63, 3.8) is 0 Å². The van der Waals surface area contributed by atoms with Crippen molar-refractivity contribution in [1.82, 2.24) is 9.29 Å². The fourth-order valence-electron chi connectivity index (χ4n) is 3.44. The maximum atomic E-state index is 12.7. The maximum Gasteiger partial charge on any atom is 0.218 e. The van der Waals surface area contributed by atoms with E-state index in [1.54, 1.807) is 13.2 Å². The van der Waals surface area contributed by atoms with Crippen LogP contribution in [0.5, 0.6) is 0 Å². The molecule has 1 aliphatic carbocycles. The third-order valence-corrected chi connectivity index (χ3v) is 6.66. The standard InChI is InChI=1S/C18H24N2O3S/c1-20(12-15-6-2-3-10-17(15)21)24(22,23)13-16-8-4-7-14-9-5-11-19-18(14)16/h4-5,7-9,11,15,17,21H,2-3,6,10,12-13H2,1H3. The number of sulfonamides is 1. The van der Waals surface area contributed by atoms with Gasteiger partial charge in [0.15, 0.2) is 0 Å². The Morgan fingerprint density at radius 3 is 2.75 bits per heavy atom. The molecule has 1 heterocycles. The van der Waals surface area contributed by atoms with E-state index in [1.165, 1.54) is 4.31 Å². The summed E-state index contributed by atoms with van der Waals surface area (Å²) >= 11 is 0. The molecule has 5 nitrogen and oxygen atoms in total. The van der Waals surface area contributed by atoms with Gasteiger partial charge in [0.05, 0.1) is 17.4 Å². The zero-order chi connectivity index (χ0) is 17.2. The van der Waals surface area contributed by atoms with Crippen LogP contribution in [0.25, 0.3) is 10.9 Å². The van der Waals surface area contributed by atoms with Gasteiger partial charge in [-0.3, -0.25) is 4.98 Å². The lowest BCUT2D eigenvalue weighted by Crippen LogP contribution is -2.38. The van der Waals surface area contributed by atoms with Crippen molar-refractivity contribution in [3.05, 3.63) is 42.1 Å². The first kappa shape index (κ1) is 17.3. The molecule has 2 atom stereocenters. The molecule has 1 saturated carbocycles. The van der Waals surface area contributed by atoms with Gasteiger partial charge in [0.2, 0.25) is 10.0 Å². The molecule has 1 aromatic heterocycles. The van der Waals surface area contributed by atoms with Crippen LogP contribution in [0.2, 0.25) is 0 Å². The highest BCUT2D eigenvalue weighted by molar-refractivity contribution is 7.88. The molecule has 0 spiro atoms. The zero-order valence-electron chi connectivity index (χ0n) is 13.9. The summed E-state index contributed by atoms with van der Waals surface area (Å²) in [7, 11) is -1.84. The van der Waals surface area contributed by atoms with Gasteiger partial charge in [0.25, 0.3) is 0 Å². The summed E-state index contributed by atoms with van der Waals surface area (Å²) in [4.78, 5) is 4.33. The average Bonchev–Trinajstić information content (AvgIpc) is 2.57. The summed E-state index contributed by atoms with van der Waals surface area (Å²) in [5.74, 6) is -0.0371. The Morgan fingerprint density at radius 2 is 1.96 bits per heavy atom. The number of pyridine rings is 1. The van der Waals surface area contributed by atoms with Crippen LogP contribution >= 0.6 is 0 Å². The molecule has 0 bridgehead atoms. The minimum absolute atomic E-state index is 0.0316. The number of fused-ring (bicyclic) bond motifs is 1. The predicted octanol–water partition coefficient (Wildman–Crippen LogP) is 2.55. The van der Waals surface area contributed by atoms with Crippen LogP contribution in [0, 0.1) is 5.92 Å². The van der Waals surface area contributed by atoms with Gasteiger partial charge in [-0.05, 0) is 30.4 Å². The molecule has 1 N–H and O–H groups in total. The van der Waals surface area contributed by atoms with Crippen LogP contribution < -0.4 is 0 Å². The van der Waals surface area contributed by atoms with Crippen molar-refractivity contribution in [3.8, 4) is 0 Å². The highest BCUT2D eigenvalue weighted by Crippen LogP contribution is 2.26. The quantitative estimate of drug-likeness (QED) is 0.901. The summed E-state index contributed by atoms with van der Waals surface area (Å²) in [6.07, 6.45) is 5.03. The summed E-state index contributed by atoms with van der Waals surface area (Å²) in [6.45, 7) is 0.377. The van der Waals surface area contributed by atoms with Crippen molar-refractivity contribution in [2.75, 3.05) is 13.6 Å². The van der Waals surface area contributed by atoms with E-state index >= 15 is 0 Å². The Bertz CT molecular complexity index is 802. The van der Waals surface area contributed by atoms with Crippen LogP contribution in [-0.2, 0) is 15.8 Å². The molecule has 6 heteroatoms. The van der Waals surface area contributed by atoms with E-state index in [0.29, 0.717) is 12.1 Å². The number of aromatic nitrogens is 1. The number of benzene rings is 1. The monoisotopic (exact) mass is 348 g/mol. The van der Waals surface area contributed by atoms with Gasteiger partial charge >= 0.3 is 0 Å². The Hall–Kier alpha value is -1.50. The molecule has 2 unspecified atom stereocenters. The van der Waals surface area contributed by atoms with Crippen LogP contribution in [0.4, 0.5) is 0 Å². The lowest BCUT2D eigenvalue weighted by atomic mass is 9.86. The first-order chi connectivity index (χ1) is 11.5. The molecule has 0 radical (unpaired) electrons. The van der Waals surface area contributed by atoms with Crippen molar-refractivity contribution in [2.24, 2.45) is 5.92 Å². The lowest BCUT2D eigenvalue weighted by molar-refractivity contribution is 0.0620. The molecular weight excluding hydrogens is 324 g/mol. The molecular formula is C18H24N2O3S. The fourth-order valence-corrected chi connectivity index (χ4v) is 4.70. The third kappa shape index (κ3) is 3.77. The Morgan fingerprint density at radius 1 is 1.21 bits per heavy atom. The van der Waals surface area contributed by atoms with E-state index in [9.17, 15) is 13.5 Å². The van der Waals surface area contributed by atoms with Gasteiger partial charge in [0.1, 0.15) is 0 Å². The molecule has 2 aromatic rings. The average molecular weight is 348 g/mol. The van der Waals surface area contributed by atoms with E-state index in [4.69, 9.17) is 0 Å². The zero-order valence-corrected chi connectivity index (χ0v) is 14.7. The molecule has 1 fully saturated rings. The van der Waals surface area contributed by atoms with Crippen LogP contribution in [0.3, 0.4) is 0 Å². The number of hydrogen-bond donors (Lipinski definition) is 1. The number of hydrogen-bond acceptors (Lipinski definition) is 4. The Balaban J connectivity index is 1.77. The van der Waals surface area contributed by atoms with Crippen molar-refractivity contribution in [2.45, 2.75) is 37.5 Å². The second-order valence-corrected chi connectivity index (χ2v) is 8.72. The van der Waals surface area contributed by atoms with Crippen molar-refractivity contribution < 1.29 is 13.5 Å². The second kappa shape index (κ2) is 7.17. The fraction of sp³-hybridized carbons (Fsp3) is 0.500. The molecule has 1 aromatic carbocycles. The van der Waals surface area contributed by atoms with Gasteiger partial charge in [-0.15, -0.1) is 0 Å². The minimum Gasteiger partial charge on any atom is -0.393 e. The highest BCUT2D eigenvalue weighted by Gasteiger charge is 2.28. The van der Waals surface area contributed by atoms with Gasteiger partial charge < -0.3 is 5.11 Å². The normalized spacial score (nSPS) is 22.1. The molecule has 0 aliphatic heterocycles. The molecule has 24 heavy (non-hydrogen) atoms. The number of para-hydroxylation sites is 1. The summed E-state index contributed by atoms with van der Waals surface area (Å²) in [5.41, 5.74) is 1.44. The number of rotatable bonds is 5. The first-order valence-corrected chi connectivity index (χ1v) is 10.0. The van der Waals surface area contributed by atoms with E-state index < -0.39 is 16.1 Å². The van der Waals surface area contributed by atoms with Gasteiger partial charge in [0, 0.05) is 25.2 Å². The SMILES string of the molecule is CN(CC1CCCCC1O)S(=O)(=O)Cc1cccc2cccnc12. The Labute approximate surface area is 143 Å². The Kier molecular flexibility index (Phi) is 5.18. The number of aliphatic hydroxyl groups excluding tert-OH is 1. The smallest absolute Gasteiger partial charge is 0.218 e. The summed E-state index contributed by atoms with van der Waals surface area (Å²) in [6, 6.07) is 9.38. The van der Waals surface area contributed by atoms with Crippen LogP contribution in [-0.4, -0.2) is 42.5 Å². The van der Waals surface area contributed by atoms with E-state index in [-0.39, 0.29) is 11.7 Å². The van der Waals surface area contributed by atoms with Gasteiger partial charge in [-0.2, -0.15) is 0 Å². The molecule has 3 rings (SSSR count). The van der Waals surface area contributed by atoms with Crippen LogP contribution in [0.15, 0.2) is 36.5 Å². The van der Waals surface area contributed by atoms with Crippen molar-refractivity contribution >= 4 is 20.9 Å². The third-order valence-electron chi connectivity index (χ3n) is 4.89. The topological polar surface area (TPSA) is 70.5 Å².